The smallest absolute Gasteiger partial charge is 0.301 e. The number of ether oxygens (including phenoxy) is 1. The third kappa shape index (κ3) is 3.12. The van der Waals surface area contributed by atoms with Gasteiger partial charge in [-0.3, -0.25) is 14.5 Å². The summed E-state index contributed by atoms with van der Waals surface area (Å²) in [5.41, 5.74) is 0.0924. The molecule has 1 aliphatic heterocycles. The van der Waals surface area contributed by atoms with Crippen molar-refractivity contribution in [3.63, 3.8) is 0 Å². The highest BCUT2D eigenvalue weighted by atomic mass is 19.1. The van der Waals surface area contributed by atoms with Gasteiger partial charge in [-0.25, -0.2) is 4.39 Å². The number of aliphatic hydroxyl groups is 1. The van der Waals surface area contributed by atoms with Crippen LogP contribution in [0.4, 0.5) is 10.2 Å². The van der Waals surface area contributed by atoms with Gasteiger partial charge in [0.05, 0.1) is 18.7 Å². The Morgan fingerprint density at radius 2 is 1.87 bits per heavy atom. The molecule has 8 heteroatoms. The molecule has 1 atom stereocenters. The number of hydrogen-bond acceptors (Lipinski definition) is 6. The molecule has 7 nitrogen and oxygen atoms in total. The van der Waals surface area contributed by atoms with Crippen LogP contribution in [0.2, 0.25) is 0 Å². The third-order valence-corrected chi connectivity index (χ3v) is 4.87. The SMILES string of the molecule is COc1ccc(C(O)=C2C(=O)C(=O)N(c3cc(C)on3)C2c2ccccc2F)cc1. The summed E-state index contributed by atoms with van der Waals surface area (Å²) in [5.74, 6) is -1.92. The topological polar surface area (TPSA) is 92.9 Å². The van der Waals surface area contributed by atoms with Crippen molar-refractivity contribution in [2.24, 2.45) is 0 Å². The summed E-state index contributed by atoms with van der Waals surface area (Å²) < 4.78 is 24.9. The van der Waals surface area contributed by atoms with Gasteiger partial charge in [0.1, 0.15) is 23.1 Å². The number of benzene rings is 2. The number of carbonyl (C=O) groups excluding carboxylic acids is 2. The number of amides is 1. The second-order valence-electron chi connectivity index (χ2n) is 6.71. The van der Waals surface area contributed by atoms with Crippen molar-refractivity contribution in [2.75, 3.05) is 12.0 Å². The van der Waals surface area contributed by atoms with E-state index < -0.39 is 29.3 Å². The van der Waals surface area contributed by atoms with E-state index in [1.807, 2.05) is 0 Å². The van der Waals surface area contributed by atoms with E-state index in [2.05, 4.69) is 5.16 Å². The van der Waals surface area contributed by atoms with E-state index in [1.165, 1.54) is 31.4 Å². The summed E-state index contributed by atoms with van der Waals surface area (Å²) in [5, 5.41) is 14.7. The molecule has 152 valence electrons. The van der Waals surface area contributed by atoms with E-state index in [4.69, 9.17) is 9.26 Å². The maximum absolute atomic E-state index is 14.7. The zero-order valence-electron chi connectivity index (χ0n) is 16.1. The molecular weight excluding hydrogens is 391 g/mol. The fraction of sp³-hybridized carbons (Fsp3) is 0.136. The number of Topliss-reactive ketones (excluding diaryl/α,β-unsaturated/α-hetero) is 1. The standard InChI is InChI=1S/C22H17FN2O5/c1-12-11-17(24-30-12)25-19(15-5-3-4-6-16(15)23)18(21(27)22(25)28)20(26)13-7-9-14(29-2)10-8-13/h3-11,19,26H,1-2H3. The minimum atomic E-state index is -1.21. The maximum atomic E-state index is 14.7. The number of nitrogens with zero attached hydrogens (tertiary/aromatic N) is 2. The van der Waals surface area contributed by atoms with Crippen LogP contribution in [-0.4, -0.2) is 29.1 Å². The molecule has 2 aromatic carbocycles. The van der Waals surface area contributed by atoms with Gasteiger partial charge in [-0.1, -0.05) is 23.4 Å². The van der Waals surface area contributed by atoms with E-state index in [9.17, 15) is 19.1 Å². The predicted octanol–water partition coefficient (Wildman–Crippen LogP) is 3.76. The quantitative estimate of drug-likeness (QED) is 0.401. The van der Waals surface area contributed by atoms with E-state index in [0.29, 0.717) is 11.5 Å². The van der Waals surface area contributed by atoms with Crippen molar-refractivity contribution in [3.05, 3.63) is 82.9 Å². The molecule has 30 heavy (non-hydrogen) atoms. The van der Waals surface area contributed by atoms with Crippen LogP contribution in [0.5, 0.6) is 5.75 Å². The van der Waals surface area contributed by atoms with E-state index in [-0.39, 0.29) is 22.5 Å². The van der Waals surface area contributed by atoms with Gasteiger partial charge in [-0.15, -0.1) is 0 Å². The lowest BCUT2D eigenvalue weighted by Gasteiger charge is -2.23. The number of aryl methyl sites for hydroxylation is 1. The van der Waals surface area contributed by atoms with Gasteiger partial charge >= 0.3 is 5.91 Å². The average molecular weight is 408 g/mol. The second kappa shape index (κ2) is 7.47. The van der Waals surface area contributed by atoms with E-state index in [1.54, 1.807) is 37.3 Å². The number of carbonyl (C=O) groups is 2. The Morgan fingerprint density at radius 1 is 1.17 bits per heavy atom. The predicted molar refractivity (Wildman–Crippen MR) is 105 cm³/mol. The van der Waals surface area contributed by atoms with Crippen LogP contribution in [-0.2, 0) is 9.59 Å². The molecule has 1 aliphatic rings. The molecule has 2 heterocycles. The normalized spacial score (nSPS) is 18.1. The van der Waals surface area contributed by atoms with Crippen LogP contribution in [0.1, 0.15) is 22.9 Å². The lowest BCUT2D eigenvalue weighted by atomic mass is 9.95. The molecule has 1 amide bonds. The highest BCUT2D eigenvalue weighted by Gasteiger charge is 2.48. The molecule has 1 saturated heterocycles. The van der Waals surface area contributed by atoms with Crippen LogP contribution in [0, 0.1) is 12.7 Å². The fourth-order valence-corrected chi connectivity index (χ4v) is 3.43. The minimum Gasteiger partial charge on any atom is -0.507 e. The third-order valence-electron chi connectivity index (χ3n) is 4.87. The highest BCUT2D eigenvalue weighted by molar-refractivity contribution is 6.51. The number of hydrogen-bond donors (Lipinski definition) is 1. The van der Waals surface area contributed by atoms with Crippen LogP contribution in [0.3, 0.4) is 0 Å². The average Bonchev–Trinajstić information content (AvgIpc) is 3.29. The zero-order chi connectivity index (χ0) is 21.4. The van der Waals surface area contributed by atoms with Gasteiger partial charge in [0.15, 0.2) is 5.82 Å². The van der Waals surface area contributed by atoms with Crippen LogP contribution in [0.25, 0.3) is 5.76 Å². The van der Waals surface area contributed by atoms with Crippen molar-refractivity contribution in [1.82, 2.24) is 5.16 Å². The molecule has 0 aliphatic carbocycles. The summed E-state index contributed by atoms with van der Waals surface area (Å²) in [6.45, 7) is 1.63. The number of anilines is 1. The van der Waals surface area contributed by atoms with E-state index in [0.717, 1.165) is 4.90 Å². The molecule has 1 fully saturated rings. The number of rotatable bonds is 4. The van der Waals surface area contributed by atoms with Crippen molar-refractivity contribution < 1.29 is 28.3 Å². The summed E-state index contributed by atoms with van der Waals surface area (Å²) in [6.07, 6.45) is 0. The monoisotopic (exact) mass is 408 g/mol. The van der Waals surface area contributed by atoms with Gasteiger partial charge in [-0.05, 0) is 37.3 Å². The molecule has 0 bridgehead atoms. The Labute approximate surface area is 171 Å². The number of aliphatic hydroxyl groups excluding tert-OH is 1. The Balaban J connectivity index is 1.94. The van der Waals surface area contributed by atoms with E-state index >= 15 is 0 Å². The van der Waals surface area contributed by atoms with Crippen molar-refractivity contribution in [3.8, 4) is 5.75 Å². The van der Waals surface area contributed by atoms with Crippen molar-refractivity contribution in [1.29, 1.82) is 0 Å². The van der Waals surface area contributed by atoms with Gasteiger partial charge in [0.2, 0.25) is 0 Å². The van der Waals surface area contributed by atoms with Crippen LogP contribution in [0.15, 0.2) is 64.7 Å². The Morgan fingerprint density at radius 3 is 2.47 bits per heavy atom. The Bertz CT molecular complexity index is 1170. The highest BCUT2D eigenvalue weighted by Crippen LogP contribution is 2.42. The molecule has 1 N–H and O–H groups in total. The molecule has 4 rings (SSSR count). The molecule has 3 aromatic rings. The molecule has 0 radical (unpaired) electrons. The molecular formula is C22H17FN2O5. The summed E-state index contributed by atoms with van der Waals surface area (Å²) in [7, 11) is 1.50. The maximum Gasteiger partial charge on any atom is 0.301 e. The molecule has 0 saturated carbocycles. The van der Waals surface area contributed by atoms with Crippen LogP contribution < -0.4 is 9.64 Å². The summed E-state index contributed by atoms with van der Waals surface area (Å²) in [6, 6.07) is 12.3. The van der Waals surface area contributed by atoms with Gasteiger partial charge in [0, 0.05) is 17.2 Å². The first-order chi connectivity index (χ1) is 14.4. The Kier molecular flexibility index (Phi) is 4.83. The lowest BCUT2D eigenvalue weighted by molar-refractivity contribution is -0.132. The first kappa shape index (κ1) is 19.4. The Hall–Kier alpha value is -3.94. The van der Waals surface area contributed by atoms with Crippen molar-refractivity contribution >= 4 is 23.3 Å². The number of halogens is 1. The number of ketones is 1. The van der Waals surface area contributed by atoms with Gasteiger partial charge < -0.3 is 14.4 Å². The van der Waals surface area contributed by atoms with Crippen LogP contribution >= 0.6 is 0 Å². The van der Waals surface area contributed by atoms with Gasteiger partial charge in [0.25, 0.3) is 5.78 Å². The fourth-order valence-electron chi connectivity index (χ4n) is 3.43. The molecule has 0 spiro atoms. The largest absolute Gasteiger partial charge is 0.507 e. The summed E-state index contributed by atoms with van der Waals surface area (Å²) >= 11 is 0. The first-order valence-electron chi connectivity index (χ1n) is 9.05. The minimum absolute atomic E-state index is 0.0485. The number of methoxy groups -OCH3 is 1. The second-order valence-corrected chi connectivity index (χ2v) is 6.71. The molecule has 1 unspecified atom stereocenters. The molecule has 1 aromatic heterocycles. The lowest BCUT2D eigenvalue weighted by Crippen LogP contribution is -2.30. The first-order valence-corrected chi connectivity index (χ1v) is 9.05. The summed E-state index contributed by atoms with van der Waals surface area (Å²) in [4.78, 5) is 26.8. The van der Waals surface area contributed by atoms with Crippen molar-refractivity contribution in [2.45, 2.75) is 13.0 Å². The number of aromatic nitrogens is 1. The van der Waals surface area contributed by atoms with Gasteiger partial charge in [-0.2, -0.15) is 0 Å². The zero-order valence-corrected chi connectivity index (χ0v) is 16.1.